The summed E-state index contributed by atoms with van der Waals surface area (Å²) in [5.41, 5.74) is -0.632. The van der Waals surface area contributed by atoms with Crippen LogP contribution < -0.4 is 5.32 Å². The van der Waals surface area contributed by atoms with Gasteiger partial charge in [0.25, 0.3) is 0 Å². The number of unbranched alkanes of at least 4 members (excludes halogenated alkanes) is 3. The fraction of sp³-hybridized carbons (Fsp3) is 0.588. The number of nitrogens with zero attached hydrogens (tertiary/aromatic N) is 2. The molecule has 0 aromatic heterocycles. The number of aliphatic hydroxyl groups is 1. The zero-order valence-electron chi connectivity index (χ0n) is 26.0. The molecule has 4 aliphatic rings. The van der Waals surface area contributed by atoms with Gasteiger partial charge in [0.15, 0.2) is 0 Å². The quantitative estimate of drug-likeness (QED) is 0.230. The Morgan fingerprint density at radius 2 is 1.76 bits per heavy atom. The molecule has 3 amide bonds. The number of hydrogen-bond acceptors (Lipinski definition) is 7. The Morgan fingerprint density at radius 3 is 2.49 bits per heavy atom. The molecule has 0 radical (unpaired) electrons. The first-order chi connectivity index (χ1) is 21.7. The number of nitrogens with one attached hydrogen (secondary N) is 1. The van der Waals surface area contributed by atoms with Gasteiger partial charge in [0.2, 0.25) is 17.7 Å². The summed E-state index contributed by atoms with van der Waals surface area (Å²) in [6, 6.07) is 7.70. The topological polar surface area (TPSA) is 125 Å². The highest BCUT2D eigenvalue weighted by Gasteiger charge is 2.74. The van der Waals surface area contributed by atoms with Crippen molar-refractivity contribution in [3.63, 3.8) is 0 Å². The number of likely N-dealkylation sites (tertiary alicyclic amines) is 1. The predicted molar refractivity (Wildman–Crippen MR) is 171 cm³/mol. The van der Waals surface area contributed by atoms with Gasteiger partial charge >= 0.3 is 5.97 Å². The van der Waals surface area contributed by atoms with Crippen LogP contribution in [0.3, 0.4) is 0 Å². The van der Waals surface area contributed by atoms with Crippen molar-refractivity contribution in [1.29, 1.82) is 0 Å². The summed E-state index contributed by atoms with van der Waals surface area (Å²) >= 11 is 3.60. The van der Waals surface area contributed by atoms with Crippen LogP contribution in [-0.2, 0) is 28.7 Å². The normalized spacial score (nSPS) is 32.8. The number of esters is 1. The molecule has 4 heterocycles. The molecule has 45 heavy (non-hydrogen) atoms. The Bertz CT molecular complexity index is 1320. The molecule has 1 aromatic rings. The first kappa shape index (κ1) is 33.3. The van der Waals surface area contributed by atoms with Crippen molar-refractivity contribution in [3.05, 3.63) is 58.6 Å². The van der Waals surface area contributed by atoms with Crippen LogP contribution in [-0.4, -0.2) is 88.6 Å². The lowest BCUT2D eigenvalue weighted by atomic mass is 9.74. The molecular weight excluding hydrogens is 642 g/mol. The van der Waals surface area contributed by atoms with Gasteiger partial charge in [-0.1, -0.05) is 78.2 Å². The van der Waals surface area contributed by atoms with Crippen molar-refractivity contribution in [2.24, 2.45) is 11.8 Å². The lowest BCUT2D eigenvalue weighted by Gasteiger charge is -2.36. The highest BCUT2D eigenvalue weighted by atomic mass is 79.9. The Morgan fingerprint density at radius 1 is 1.00 bits per heavy atom. The Kier molecular flexibility index (Phi) is 10.8. The number of carbonyl (C=O) groups excluding carboxylic acids is 4. The Hall–Kier alpha value is -3.02. The molecule has 244 valence electrons. The van der Waals surface area contributed by atoms with Crippen LogP contribution in [0.2, 0.25) is 0 Å². The third-order valence-corrected chi connectivity index (χ3v) is 10.0. The first-order valence-electron chi connectivity index (χ1n) is 16.2. The van der Waals surface area contributed by atoms with E-state index in [9.17, 15) is 24.3 Å². The molecule has 1 aromatic carbocycles. The summed E-state index contributed by atoms with van der Waals surface area (Å²) < 4.78 is 13.4. The summed E-state index contributed by atoms with van der Waals surface area (Å²) in [6.45, 7) is 4.95. The van der Waals surface area contributed by atoms with E-state index in [0.717, 1.165) is 19.3 Å². The van der Waals surface area contributed by atoms with Crippen LogP contribution in [0.5, 0.6) is 0 Å². The molecule has 4 aliphatic heterocycles. The second-order valence-electron chi connectivity index (χ2n) is 12.4. The molecule has 7 atom stereocenters. The standard InChI is InChI=1S/C34H44BrN3O7/c1-3-4-10-17-37-18-11-6-9-16-25(40)36-22(2)28(23-14-7-5-8-15-23)44-33(43)26-27-31(41)38(19-12-13-20-39)30(32(37)42)34(27)21-24(35)29(26)45-34/h5-8,11,14-15,21-22,26-30,39H,3-4,9-10,12-13,16-20H2,1-2H3,(H,36,40)/b11-6-/t22-,26+,27-,28+,29+,30+,34-/m0/s1. The molecular formula is C34H44BrN3O7. The number of hydrogen-bond donors (Lipinski definition) is 2. The maximum Gasteiger partial charge on any atom is 0.313 e. The van der Waals surface area contributed by atoms with Gasteiger partial charge in [-0.05, 0) is 44.2 Å². The van der Waals surface area contributed by atoms with E-state index < -0.39 is 47.7 Å². The van der Waals surface area contributed by atoms with E-state index in [1.54, 1.807) is 16.7 Å². The van der Waals surface area contributed by atoms with E-state index in [1.165, 1.54) is 0 Å². The minimum atomic E-state index is -1.34. The highest BCUT2D eigenvalue weighted by Crippen LogP contribution is 2.59. The Labute approximate surface area is 273 Å². The van der Waals surface area contributed by atoms with E-state index in [0.29, 0.717) is 42.4 Å². The number of fused-ring (bicyclic) bond motifs is 2. The van der Waals surface area contributed by atoms with Crippen molar-refractivity contribution in [2.45, 2.75) is 88.7 Å². The summed E-state index contributed by atoms with van der Waals surface area (Å²) in [5.74, 6) is -3.30. The smallest absolute Gasteiger partial charge is 0.313 e. The van der Waals surface area contributed by atoms with Crippen molar-refractivity contribution < 1.29 is 33.8 Å². The number of carbonyl (C=O) groups is 4. The average molecular weight is 687 g/mol. The van der Waals surface area contributed by atoms with E-state index in [-0.39, 0.29) is 37.3 Å². The van der Waals surface area contributed by atoms with Gasteiger partial charge in [0.05, 0.1) is 12.0 Å². The molecule has 11 heteroatoms. The van der Waals surface area contributed by atoms with Gasteiger partial charge in [0, 0.05) is 37.1 Å². The fourth-order valence-electron chi connectivity index (χ4n) is 7.16. The largest absolute Gasteiger partial charge is 0.455 e. The molecule has 5 rings (SSSR count). The molecule has 0 unspecified atom stereocenters. The van der Waals surface area contributed by atoms with E-state index in [1.807, 2.05) is 48.6 Å². The monoisotopic (exact) mass is 685 g/mol. The van der Waals surface area contributed by atoms with Crippen molar-refractivity contribution in [2.75, 3.05) is 26.2 Å². The van der Waals surface area contributed by atoms with E-state index >= 15 is 0 Å². The van der Waals surface area contributed by atoms with Gasteiger partial charge in [-0.3, -0.25) is 19.2 Å². The van der Waals surface area contributed by atoms with Gasteiger partial charge in [-0.2, -0.15) is 0 Å². The Balaban J connectivity index is 1.57. The third-order valence-electron chi connectivity index (χ3n) is 9.33. The molecule has 2 N–H and O–H groups in total. The first-order valence-corrected chi connectivity index (χ1v) is 17.0. The van der Waals surface area contributed by atoms with Gasteiger partial charge in [-0.25, -0.2) is 0 Å². The second-order valence-corrected chi connectivity index (χ2v) is 13.3. The highest BCUT2D eigenvalue weighted by molar-refractivity contribution is 9.11. The van der Waals surface area contributed by atoms with Gasteiger partial charge < -0.3 is 29.7 Å². The molecule has 2 saturated heterocycles. The number of ether oxygens (including phenoxy) is 2. The fourth-order valence-corrected chi connectivity index (χ4v) is 7.89. The number of amides is 3. The van der Waals surface area contributed by atoms with Crippen LogP contribution in [0.1, 0.15) is 70.5 Å². The number of benzene rings is 1. The van der Waals surface area contributed by atoms with Crippen LogP contribution in [0, 0.1) is 11.8 Å². The predicted octanol–water partition coefficient (Wildman–Crippen LogP) is 3.79. The minimum absolute atomic E-state index is 0.0300. The van der Waals surface area contributed by atoms with Crippen molar-refractivity contribution in [1.82, 2.24) is 15.1 Å². The summed E-state index contributed by atoms with van der Waals surface area (Å²) in [4.78, 5) is 59.3. The summed E-state index contributed by atoms with van der Waals surface area (Å²) in [5, 5.41) is 12.5. The van der Waals surface area contributed by atoms with Crippen molar-refractivity contribution in [3.8, 4) is 0 Å². The molecule has 0 saturated carbocycles. The SMILES string of the molecule is CCCCCN1C/C=C\CCC(=O)N[C@@H](C)[C@H](c2ccccc2)OC(=O)[C@H]2[C@@H]3O[C@@]4(C=C3Br)[C@@H]2C(=O)N(CCCCO)[C@@H]4C1=O. The van der Waals surface area contributed by atoms with E-state index in [2.05, 4.69) is 28.2 Å². The number of halogens is 1. The molecule has 0 aliphatic carbocycles. The van der Waals surface area contributed by atoms with Crippen LogP contribution in [0.25, 0.3) is 0 Å². The lowest BCUT2D eigenvalue weighted by Crippen LogP contribution is -2.56. The molecule has 1 spiro atoms. The van der Waals surface area contributed by atoms with Crippen LogP contribution >= 0.6 is 15.9 Å². The lowest BCUT2D eigenvalue weighted by molar-refractivity contribution is -0.161. The molecule has 5 bridgehead atoms. The van der Waals surface area contributed by atoms with E-state index in [4.69, 9.17) is 9.47 Å². The maximum absolute atomic E-state index is 14.6. The second kappa shape index (κ2) is 14.6. The summed E-state index contributed by atoms with van der Waals surface area (Å²) in [6.07, 6.45) is 8.47. The zero-order chi connectivity index (χ0) is 32.1. The van der Waals surface area contributed by atoms with Gasteiger partial charge in [0.1, 0.15) is 29.8 Å². The van der Waals surface area contributed by atoms with Crippen molar-refractivity contribution >= 4 is 39.6 Å². The van der Waals surface area contributed by atoms with Crippen LogP contribution in [0.4, 0.5) is 0 Å². The average Bonchev–Trinajstić information content (AvgIpc) is 3.61. The van der Waals surface area contributed by atoms with Crippen LogP contribution in [0.15, 0.2) is 53.0 Å². The third kappa shape index (κ3) is 6.62. The molecule has 2 fully saturated rings. The maximum atomic E-state index is 14.6. The number of cyclic esters (lactones) is 1. The number of allylic oxidation sites excluding steroid dienone is 1. The van der Waals surface area contributed by atoms with Gasteiger partial charge in [-0.15, -0.1) is 0 Å². The zero-order valence-corrected chi connectivity index (χ0v) is 27.6. The summed E-state index contributed by atoms with van der Waals surface area (Å²) in [7, 11) is 0. The minimum Gasteiger partial charge on any atom is -0.455 e. The number of aliphatic hydroxyl groups excluding tert-OH is 1. The molecule has 10 nitrogen and oxygen atoms in total. The number of rotatable bonds is 9.